The summed E-state index contributed by atoms with van der Waals surface area (Å²) in [6.45, 7) is 1.79. The Labute approximate surface area is 253 Å². The quantitative estimate of drug-likeness (QED) is 0.305. The summed E-state index contributed by atoms with van der Waals surface area (Å²) < 4.78 is 43.9. The van der Waals surface area contributed by atoms with Gasteiger partial charge in [-0.3, -0.25) is 19.0 Å². The van der Waals surface area contributed by atoms with Crippen LogP contribution in [0.2, 0.25) is 0 Å². The average molecular weight is 657 g/mol. The largest absolute Gasteiger partial charge is 0.417 e. The predicted molar refractivity (Wildman–Crippen MR) is 157 cm³/mol. The summed E-state index contributed by atoms with van der Waals surface area (Å²) in [6, 6.07) is 9.77. The number of hydrogen-bond acceptors (Lipinski definition) is 4. The molecular formula is C31H29BrF3N5O3. The van der Waals surface area contributed by atoms with E-state index in [9.17, 15) is 27.6 Å². The highest BCUT2D eigenvalue weighted by atomic mass is 79.9. The number of carbonyl (C=O) groups excluding carboxylic acids is 2. The number of nitrogens with one attached hydrogen (secondary N) is 1. The van der Waals surface area contributed by atoms with Gasteiger partial charge in [-0.2, -0.15) is 18.3 Å². The molecule has 12 heteroatoms. The normalized spacial score (nSPS) is 17.1. The molecule has 2 aliphatic rings. The minimum absolute atomic E-state index is 0.0134. The molecule has 1 aliphatic carbocycles. The monoisotopic (exact) mass is 655 g/mol. The Kier molecular flexibility index (Phi) is 7.44. The number of halogens is 4. The average Bonchev–Trinajstić information content (AvgIpc) is 3.37. The fraction of sp³-hybridized carbons (Fsp3) is 0.355. The van der Waals surface area contributed by atoms with Crippen molar-refractivity contribution in [3.8, 4) is 5.69 Å². The lowest BCUT2D eigenvalue weighted by Crippen LogP contribution is -2.46. The summed E-state index contributed by atoms with van der Waals surface area (Å²) in [5.41, 5.74) is 2.31. The molecule has 0 saturated heterocycles. The highest BCUT2D eigenvalue weighted by Gasteiger charge is 2.36. The molecule has 43 heavy (non-hydrogen) atoms. The number of rotatable bonds is 5. The Balaban J connectivity index is 1.46. The maximum absolute atomic E-state index is 14.2. The zero-order chi connectivity index (χ0) is 30.6. The van der Waals surface area contributed by atoms with Crippen LogP contribution in [0, 0.1) is 5.92 Å². The van der Waals surface area contributed by atoms with Gasteiger partial charge in [0.15, 0.2) is 0 Å². The Morgan fingerprint density at radius 3 is 2.42 bits per heavy atom. The first-order chi connectivity index (χ1) is 20.5. The molecule has 1 atom stereocenters. The number of carbonyl (C=O) groups is 2. The van der Waals surface area contributed by atoms with E-state index in [0.29, 0.717) is 34.1 Å². The van der Waals surface area contributed by atoms with Crippen LogP contribution in [0.5, 0.6) is 0 Å². The Bertz CT molecular complexity index is 1810. The molecule has 1 fully saturated rings. The van der Waals surface area contributed by atoms with Crippen LogP contribution in [0.25, 0.3) is 11.3 Å². The van der Waals surface area contributed by atoms with Crippen LogP contribution in [-0.2, 0) is 25.6 Å². The van der Waals surface area contributed by atoms with Crippen LogP contribution in [0.3, 0.4) is 0 Å². The zero-order valence-corrected chi connectivity index (χ0v) is 25.1. The van der Waals surface area contributed by atoms with Gasteiger partial charge in [0.25, 0.3) is 17.4 Å². The van der Waals surface area contributed by atoms with Crippen LogP contribution in [0.15, 0.2) is 57.9 Å². The third kappa shape index (κ3) is 5.15. The third-order valence-electron chi connectivity index (χ3n) is 8.57. The van der Waals surface area contributed by atoms with Gasteiger partial charge in [0.05, 0.1) is 29.7 Å². The minimum Gasteiger partial charge on any atom is -0.355 e. The first-order valence-electron chi connectivity index (χ1n) is 14.1. The van der Waals surface area contributed by atoms with Gasteiger partial charge in [-0.05, 0) is 68.1 Å². The number of benzene rings is 2. The number of hydrogen-bond donors (Lipinski definition) is 1. The molecule has 0 spiro atoms. The standard InChI is InChI=1S/C31H29BrF3N5O3/c1-17-12-23-26(16-38(17)29(42)20-8-11-25(32)24(14-20)31(33,34)35)40-28(21(15-37-40)13-18-4-3-5-18)39(30(23)43)22-9-6-19(7-10-22)27(41)36-2/h6-11,14-15,17-18H,3-5,12-13,16H2,1-2H3,(H,36,41)/t17-/m1/s1. The van der Waals surface area contributed by atoms with Crippen molar-refractivity contribution in [3.63, 3.8) is 0 Å². The summed E-state index contributed by atoms with van der Waals surface area (Å²) in [7, 11) is 1.55. The van der Waals surface area contributed by atoms with Gasteiger partial charge >= 0.3 is 6.18 Å². The van der Waals surface area contributed by atoms with E-state index in [-0.39, 0.29) is 34.5 Å². The smallest absolute Gasteiger partial charge is 0.355 e. The first-order valence-corrected chi connectivity index (χ1v) is 14.9. The lowest BCUT2D eigenvalue weighted by Gasteiger charge is -2.35. The van der Waals surface area contributed by atoms with Crippen LogP contribution in [0.1, 0.15) is 69.3 Å². The van der Waals surface area contributed by atoms with Crippen LogP contribution in [0.4, 0.5) is 13.2 Å². The van der Waals surface area contributed by atoms with Gasteiger partial charge in [0, 0.05) is 39.8 Å². The summed E-state index contributed by atoms with van der Waals surface area (Å²) in [5.74, 6) is -0.308. The lowest BCUT2D eigenvalue weighted by molar-refractivity contribution is -0.138. The molecule has 0 radical (unpaired) electrons. The molecule has 4 aromatic rings. The van der Waals surface area contributed by atoms with E-state index in [2.05, 4.69) is 26.3 Å². The first kappa shape index (κ1) is 29.2. The van der Waals surface area contributed by atoms with E-state index in [4.69, 9.17) is 0 Å². The van der Waals surface area contributed by atoms with E-state index < -0.39 is 23.7 Å². The Morgan fingerprint density at radius 1 is 1.09 bits per heavy atom. The van der Waals surface area contributed by atoms with Crippen molar-refractivity contribution >= 4 is 33.4 Å². The Hall–Kier alpha value is -3.93. The van der Waals surface area contributed by atoms with E-state index in [1.165, 1.54) is 17.0 Å². The molecule has 1 saturated carbocycles. The van der Waals surface area contributed by atoms with Gasteiger partial charge in [-0.15, -0.1) is 0 Å². The second-order valence-electron chi connectivity index (χ2n) is 11.3. The minimum atomic E-state index is -4.63. The molecule has 0 unspecified atom stereocenters. The maximum Gasteiger partial charge on any atom is 0.417 e. The SMILES string of the molecule is CNC(=O)c1ccc(-n2c(=O)c3c(n4ncc(CC5CCC5)c24)CN(C(=O)c2ccc(Br)c(C(F)(F)F)c2)[C@H](C)C3)cc1. The van der Waals surface area contributed by atoms with E-state index >= 15 is 0 Å². The van der Waals surface area contributed by atoms with E-state index in [1.54, 1.807) is 53.5 Å². The van der Waals surface area contributed by atoms with Crippen molar-refractivity contribution in [3.05, 3.63) is 97.0 Å². The molecule has 224 valence electrons. The summed E-state index contributed by atoms with van der Waals surface area (Å²) in [4.78, 5) is 41.5. The van der Waals surface area contributed by atoms with Crippen molar-refractivity contribution in [2.45, 2.75) is 57.8 Å². The van der Waals surface area contributed by atoms with E-state index in [1.807, 2.05) is 0 Å². The molecule has 1 aliphatic heterocycles. The number of amides is 2. The van der Waals surface area contributed by atoms with Crippen molar-refractivity contribution in [2.75, 3.05) is 7.05 Å². The maximum atomic E-state index is 14.2. The van der Waals surface area contributed by atoms with Crippen molar-refractivity contribution in [1.82, 2.24) is 24.4 Å². The van der Waals surface area contributed by atoms with Crippen LogP contribution >= 0.6 is 15.9 Å². The molecule has 1 N–H and O–H groups in total. The molecular weight excluding hydrogens is 627 g/mol. The van der Waals surface area contributed by atoms with Gasteiger partial charge in [-0.1, -0.05) is 35.2 Å². The van der Waals surface area contributed by atoms with Gasteiger partial charge in [0.1, 0.15) is 5.65 Å². The zero-order valence-electron chi connectivity index (χ0n) is 23.5. The van der Waals surface area contributed by atoms with Crippen molar-refractivity contribution in [1.29, 1.82) is 0 Å². The predicted octanol–water partition coefficient (Wildman–Crippen LogP) is 5.56. The van der Waals surface area contributed by atoms with Crippen molar-refractivity contribution in [2.24, 2.45) is 5.92 Å². The second-order valence-corrected chi connectivity index (χ2v) is 12.1. The molecule has 2 aromatic heterocycles. The van der Waals surface area contributed by atoms with Crippen LogP contribution < -0.4 is 10.9 Å². The molecule has 2 amide bonds. The molecule has 8 nitrogen and oxygen atoms in total. The van der Waals surface area contributed by atoms with Gasteiger partial charge < -0.3 is 10.2 Å². The third-order valence-corrected chi connectivity index (χ3v) is 9.26. The van der Waals surface area contributed by atoms with Gasteiger partial charge in [0.2, 0.25) is 0 Å². The molecule has 0 bridgehead atoms. The van der Waals surface area contributed by atoms with Gasteiger partial charge in [-0.25, -0.2) is 4.52 Å². The van der Waals surface area contributed by atoms with Crippen molar-refractivity contribution < 1.29 is 22.8 Å². The molecule has 6 rings (SSSR count). The topological polar surface area (TPSA) is 88.7 Å². The van der Waals surface area contributed by atoms with Crippen LogP contribution in [-0.4, -0.2) is 44.0 Å². The highest BCUT2D eigenvalue weighted by Crippen LogP contribution is 2.36. The second kappa shape index (κ2) is 11.0. The lowest BCUT2D eigenvalue weighted by atomic mass is 9.81. The summed E-state index contributed by atoms with van der Waals surface area (Å²) in [5, 5.41) is 7.27. The Morgan fingerprint density at radius 2 is 1.79 bits per heavy atom. The fourth-order valence-corrected chi connectivity index (χ4v) is 6.47. The summed E-state index contributed by atoms with van der Waals surface area (Å²) >= 11 is 2.94. The molecule has 2 aromatic carbocycles. The summed E-state index contributed by atoms with van der Waals surface area (Å²) in [6.07, 6.45) is 1.44. The fourth-order valence-electron chi connectivity index (χ4n) is 6.00. The highest BCUT2D eigenvalue weighted by molar-refractivity contribution is 9.10. The van der Waals surface area contributed by atoms with E-state index in [0.717, 1.165) is 37.3 Å². The number of aromatic nitrogens is 3. The molecule has 3 heterocycles. The number of alkyl halides is 3. The number of nitrogens with zero attached hydrogens (tertiary/aromatic N) is 4. The number of fused-ring (bicyclic) bond motifs is 3.